The summed E-state index contributed by atoms with van der Waals surface area (Å²) in [5.74, 6) is -0.406. The van der Waals surface area contributed by atoms with Crippen LogP contribution in [-0.4, -0.2) is 27.7 Å². The molecular formula is C4H9N2O7PS. The van der Waals surface area contributed by atoms with Crippen LogP contribution in [0.3, 0.4) is 0 Å². The molecule has 0 atom stereocenters. The van der Waals surface area contributed by atoms with Gasteiger partial charge < -0.3 is 14.7 Å². The van der Waals surface area contributed by atoms with Gasteiger partial charge in [0, 0.05) is 0 Å². The minimum Gasteiger partial charge on any atom is -0.756 e. The lowest BCUT2D eigenvalue weighted by atomic mass is 10.9. The molecule has 0 radical (unpaired) electrons. The van der Waals surface area contributed by atoms with Gasteiger partial charge in [-0.1, -0.05) is 0 Å². The number of phosphoric acid groups is 1. The topological polar surface area (TPSA) is 155 Å². The first kappa shape index (κ1) is 14.2. The molecule has 0 spiro atoms. The zero-order valence-electron chi connectivity index (χ0n) is 7.22. The molecule has 0 saturated heterocycles. The number of H-pyrrole nitrogens is 1. The molecule has 1 aromatic rings. The van der Waals surface area contributed by atoms with Gasteiger partial charge in [0.05, 0.1) is 0 Å². The summed E-state index contributed by atoms with van der Waals surface area (Å²) in [6.45, 7) is 0. The zero-order valence-corrected chi connectivity index (χ0v) is 8.93. The second kappa shape index (κ2) is 5.35. The summed E-state index contributed by atoms with van der Waals surface area (Å²) in [6, 6.07) is 0. The van der Waals surface area contributed by atoms with Crippen molar-refractivity contribution in [3.63, 3.8) is 0 Å². The van der Waals surface area contributed by atoms with Gasteiger partial charge in [0.2, 0.25) is 12.2 Å². The van der Waals surface area contributed by atoms with Gasteiger partial charge in [0.15, 0.2) is 0 Å². The quantitative estimate of drug-likeness (QED) is 0.262. The van der Waals surface area contributed by atoms with E-state index < -0.39 is 23.8 Å². The van der Waals surface area contributed by atoms with Gasteiger partial charge in [0.25, 0.3) is 7.82 Å². The summed E-state index contributed by atoms with van der Waals surface area (Å²) in [4.78, 5) is 25.6. The Hall–Kier alpha value is -0.770. The molecule has 1 heterocycles. The molecule has 0 aliphatic heterocycles. The van der Waals surface area contributed by atoms with E-state index in [0.717, 1.165) is 0 Å². The molecule has 11 heteroatoms. The monoisotopic (exact) mass is 260 g/mol. The molecule has 0 fully saturated rings. The summed E-state index contributed by atoms with van der Waals surface area (Å²) in [5.41, 5.74) is 0. The van der Waals surface area contributed by atoms with E-state index in [9.17, 15) is 8.42 Å². The number of hydrogen-bond donors (Lipinski definition) is 4. The lowest BCUT2D eigenvalue weighted by molar-refractivity contribution is -0.676. The van der Waals surface area contributed by atoms with Crippen molar-refractivity contribution in [1.29, 1.82) is 0 Å². The number of imidazole rings is 1. The van der Waals surface area contributed by atoms with Gasteiger partial charge >= 0.3 is 10.1 Å². The molecule has 9 nitrogen and oxygen atoms in total. The highest BCUT2D eigenvalue weighted by molar-refractivity contribution is 7.84. The van der Waals surface area contributed by atoms with Gasteiger partial charge in [-0.15, -0.1) is 0 Å². The Labute approximate surface area is 85.0 Å². The molecular weight excluding hydrogens is 251 g/mol. The molecule has 0 aromatic carbocycles. The first-order chi connectivity index (χ1) is 6.58. The zero-order chi connectivity index (χ0) is 12.1. The highest BCUT2D eigenvalue weighted by Crippen LogP contribution is 2.18. The third kappa shape index (κ3) is 13.2. The fourth-order valence-electron chi connectivity index (χ4n) is 0.589. The Bertz CT molecular complexity index is 412. The first-order valence-electron chi connectivity index (χ1n) is 3.31. The minimum absolute atomic E-state index is 0.406. The van der Waals surface area contributed by atoms with Crippen LogP contribution < -0.4 is 9.46 Å². The summed E-state index contributed by atoms with van der Waals surface area (Å²) in [5, 5.41) is 0. The molecule has 0 saturated carbocycles. The molecule has 4 N–H and O–H groups in total. The van der Waals surface area contributed by atoms with E-state index in [1.807, 2.05) is 0 Å². The number of aromatic nitrogens is 2. The summed E-state index contributed by atoms with van der Waals surface area (Å²) < 4.78 is 38.9. The smallest absolute Gasteiger partial charge is 0.304 e. The molecule has 0 aliphatic carbocycles. The Kier molecular flexibility index (Phi) is 5.08. The molecule has 1 aromatic heterocycles. The Balaban J connectivity index is 0.000000336. The van der Waals surface area contributed by atoms with Gasteiger partial charge in [0.1, 0.15) is 12.4 Å². The molecule has 0 bridgehead atoms. The standard InChI is InChI=1S/C4H6N2O3S.H3O4P/c7-10(8,9)4-6-2-1-5-3-6;1-5(2,3)4/h1-3H,4H2,(H,7,8,9);(H3,1,2,3,4). The second-order valence-corrected chi connectivity index (χ2v) is 4.73. The van der Waals surface area contributed by atoms with Crippen molar-refractivity contribution in [2.45, 2.75) is 5.88 Å². The van der Waals surface area contributed by atoms with Crippen molar-refractivity contribution in [2.75, 3.05) is 0 Å². The Morgan fingerprint density at radius 1 is 1.47 bits per heavy atom. The minimum atomic E-state index is -4.89. The van der Waals surface area contributed by atoms with Crippen molar-refractivity contribution in [3.8, 4) is 0 Å². The van der Waals surface area contributed by atoms with E-state index in [2.05, 4.69) is 4.98 Å². The van der Waals surface area contributed by atoms with Crippen LogP contribution in [-0.2, 0) is 20.6 Å². The normalized spacial score (nSPS) is 11.7. The van der Waals surface area contributed by atoms with Crippen molar-refractivity contribution >= 4 is 17.9 Å². The van der Waals surface area contributed by atoms with Crippen molar-refractivity contribution in [1.82, 2.24) is 4.98 Å². The number of nitrogens with one attached hydrogen (secondary N) is 1. The van der Waals surface area contributed by atoms with E-state index in [1.165, 1.54) is 17.1 Å². The maximum atomic E-state index is 10.2. The largest absolute Gasteiger partial charge is 0.756 e. The number of rotatable bonds is 2. The summed E-state index contributed by atoms with van der Waals surface area (Å²) >= 11 is 0. The Morgan fingerprint density at radius 2 is 1.93 bits per heavy atom. The van der Waals surface area contributed by atoms with E-state index in [0.29, 0.717) is 0 Å². The molecule has 0 unspecified atom stereocenters. The number of aromatic amines is 1. The average Bonchev–Trinajstić information content (AvgIpc) is 2.30. The van der Waals surface area contributed by atoms with Crippen LogP contribution in [0.25, 0.3) is 0 Å². The fraction of sp³-hybridized carbons (Fsp3) is 0.250. The fourth-order valence-corrected chi connectivity index (χ4v) is 1.13. The van der Waals surface area contributed by atoms with Crippen LogP contribution in [0.15, 0.2) is 18.7 Å². The van der Waals surface area contributed by atoms with Gasteiger partial charge in [-0.05, 0) is 0 Å². The number of hydrogen-bond acceptors (Lipinski definition) is 4. The third-order valence-electron chi connectivity index (χ3n) is 0.915. The van der Waals surface area contributed by atoms with Crippen molar-refractivity contribution < 1.29 is 36.8 Å². The van der Waals surface area contributed by atoms with Gasteiger partial charge in [-0.3, -0.25) is 14.1 Å². The molecule has 88 valence electrons. The van der Waals surface area contributed by atoms with E-state index in [-0.39, 0.29) is 0 Å². The maximum Gasteiger partial charge on any atom is 0.304 e. The van der Waals surface area contributed by atoms with Crippen LogP contribution in [0.5, 0.6) is 0 Å². The third-order valence-corrected chi connectivity index (χ3v) is 1.54. The molecule has 0 aliphatic rings. The molecule has 0 amide bonds. The first-order valence-corrected chi connectivity index (χ1v) is 6.45. The van der Waals surface area contributed by atoms with Crippen LogP contribution >= 0.6 is 7.82 Å². The highest BCUT2D eigenvalue weighted by atomic mass is 32.2. The molecule has 1 rings (SSSR count). The van der Waals surface area contributed by atoms with Crippen LogP contribution in [0.2, 0.25) is 0 Å². The van der Waals surface area contributed by atoms with E-state index in [1.54, 1.807) is 6.20 Å². The predicted octanol–water partition coefficient (Wildman–Crippen LogP) is -2.41. The average molecular weight is 260 g/mol. The van der Waals surface area contributed by atoms with Crippen LogP contribution in [0, 0.1) is 0 Å². The van der Waals surface area contributed by atoms with Gasteiger partial charge in [-0.25, -0.2) is 4.57 Å². The lowest BCUT2D eigenvalue weighted by Crippen LogP contribution is -2.34. The second-order valence-electron chi connectivity index (χ2n) is 2.33. The summed E-state index contributed by atoms with van der Waals surface area (Å²) in [7, 11) is -8.79. The van der Waals surface area contributed by atoms with E-state index in [4.69, 9.17) is 23.8 Å². The van der Waals surface area contributed by atoms with Crippen molar-refractivity contribution in [3.05, 3.63) is 18.7 Å². The van der Waals surface area contributed by atoms with Crippen LogP contribution in [0.1, 0.15) is 0 Å². The summed E-state index contributed by atoms with van der Waals surface area (Å²) in [6.07, 6.45) is 4.51. The SMILES string of the molecule is O=P([O-])(O)O.O=S(=O)(O)C[n+]1cc[nH]c1. The maximum absolute atomic E-state index is 10.2. The molecule has 15 heavy (non-hydrogen) atoms. The Morgan fingerprint density at radius 3 is 2.20 bits per heavy atom. The van der Waals surface area contributed by atoms with Crippen LogP contribution in [0.4, 0.5) is 0 Å². The van der Waals surface area contributed by atoms with Gasteiger partial charge in [-0.2, -0.15) is 8.42 Å². The van der Waals surface area contributed by atoms with E-state index >= 15 is 0 Å². The lowest BCUT2D eigenvalue weighted by Gasteiger charge is -2.01. The van der Waals surface area contributed by atoms with Crippen molar-refractivity contribution in [2.24, 2.45) is 0 Å². The predicted molar refractivity (Wildman–Crippen MR) is 44.6 cm³/mol. The number of nitrogens with zero attached hydrogens (tertiary/aromatic N) is 1. The highest BCUT2D eigenvalue weighted by Gasteiger charge is 2.08.